The number of aromatic nitrogens is 1. The summed E-state index contributed by atoms with van der Waals surface area (Å²) in [5.41, 5.74) is 3.13. The van der Waals surface area contributed by atoms with Crippen molar-refractivity contribution in [3.63, 3.8) is 0 Å². The fourth-order valence-corrected chi connectivity index (χ4v) is 2.76. The van der Waals surface area contributed by atoms with E-state index in [4.69, 9.17) is 11.6 Å². The highest BCUT2D eigenvalue weighted by molar-refractivity contribution is 6.30. The van der Waals surface area contributed by atoms with Crippen molar-refractivity contribution < 1.29 is 4.79 Å². The van der Waals surface area contributed by atoms with Gasteiger partial charge in [-0.1, -0.05) is 23.7 Å². The number of anilines is 1. The number of hydrogen-bond acceptors (Lipinski definition) is 3. The summed E-state index contributed by atoms with van der Waals surface area (Å²) >= 11 is 5.89. The molecule has 1 fully saturated rings. The Balaban J connectivity index is 1.65. The molecule has 0 spiro atoms. The number of piperazine rings is 1. The van der Waals surface area contributed by atoms with Gasteiger partial charge >= 0.3 is 0 Å². The first-order chi connectivity index (χ1) is 10.6. The number of benzene rings is 1. The van der Waals surface area contributed by atoms with Gasteiger partial charge in [0.1, 0.15) is 0 Å². The lowest BCUT2D eigenvalue weighted by Gasteiger charge is -2.35. The molecule has 3 rings (SSSR count). The van der Waals surface area contributed by atoms with Crippen LogP contribution in [0.4, 0.5) is 5.69 Å². The second-order valence-electron chi connectivity index (χ2n) is 5.52. The van der Waals surface area contributed by atoms with Crippen LogP contribution in [-0.4, -0.2) is 35.4 Å². The second kappa shape index (κ2) is 6.36. The van der Waals surface area contributed by atoms with Gasteiger partial charge in [-0.25, -0.2) is 0 Å². The molecule has 4 nitrogen and oxygen atoms in total. The SMILES string of the molecule is Cc1cc(N2CCN(Cc3ccc(Cl)cc3)C(=O)C2)ccn1. The molecule has 0 unspecified atom stereocenters. The van der Waals surface area contributed by atoms with Gasteiger partial charge in [0, 0.05) is 42.2 Å². The topological polar surface area (TPSA) is 36.4 Å². The number of rotatable bonds is 3. The van der Waals surface area contributed by atoms with Crippen molar-refractivity contribution in [3.8, 4) is 0 Å². The maximum absolute atomic E-state index is 12.4. The Morgan fingerprint density at radius 3 is 2.64 bits per heavy atom. The van der Waals surface area contributed by atoms with E-state index in [1.54, 1.807) is 6.20 Å². The number of nitrogens with zero attached hydrogens (tertiary/aromatic N) is 3. The Labute approximate surface area is 135 Å². The van der Waals surface area contributed by atoms with Crippen molar-refractivity contribution in [1.82, 2.24) is 9.88 Å². The van der Waals surface area contributed by atoms with E-state index in [-0.39, 0.29) is 5.91 Å². The summed E-state index contributed by atoms with van der Waals surface area (Å²) in [4.78, 5) is 20.6. The quantitative estimate of drug-likeness (QED) is 0.874. The van der Waals surface area contributed by atoms with E-state index < -0.39 is 0 Å². The molecule has 114 valence electrons. The molecular formula is C17H18ClN3O. The highest BCUT2D eigenvalue weighted by Gasteiger charge is 2.24. The molecule has 0 saturated carbocycles. The Morgan fingerprint density at radius 1 is 1.18 bits per heavy atom. The third-order valence-electron chi connectivity index (χ3n) is 3.85. The minimum Gasteiger partial charge on any atom is -0.360 e. The van der Waals surface area contributed by atoms with Crippen LogP contribution in [0.5, 0.6) is 0 Å². The van der Waals surface area contributed by atoms with Crippen LogP contribution in [0.25, 0.3) is 0 Å². The van der Waals surface area contributed by atoms with Crippen molar-refractivity contribution in [3.05, 3.63) is 58.9 Å². The molecule has 0 bridgehead atoms. The van der Waals surface area contributed by atoms with Gasteiger partial charge < -0.3 is 9.80 Å². The summed E-state index contributed by atoms with van der Waals surface area (Å²) in [5, 5.41) is 0.716. The minimum atomic E-state index is 0.149. The molecule has 1 aliphatic rings. The molecule has 1 aromatic carbocycles. The smallest absolute Gasteiger partial charge is 0.242 e. The van der Waals surface area contributed by atoms with E-state index in [1.807, 2.05) is 48.2 Å². The van der Waals surface area contributed by atoms with Gasteiger partial charge in [-0.05, 0) is 36.8 Å². The van der Waals surface area contributed by atoms with Gasteiger partial charge in [0.25, 0.3) is 0 Å². The molecule has 2 aromatic rings. The summed E-state index contributed by atoms with van der Waals surface area (Å²) in [6.07, 6.45) is 1.79. The van der Waals surface area contributed by atoms with Crippen LogP contribution >= 0.6 is 11.6 Å². The number of aryl methyl sites for hydroxylation is 1. The van der Waals surface area contributed by atoms with Gasteiger partial charge in [0.2, 0.25) is 5.91 Å². The van der Waals surface area contributed by atoms with Crippen LogP contribution in [0.2, 0.25) is 5.02 Å². The molecule has 0 N–H and O–H groups in total. The first kappa shape index (κ1) is 14.9. The Bertz CT molecular complexity index is 672. The van der Waals surface area contributed by atoms with E-state index in [1.165, 1.54) is 0 Å². The van der Waals surface area contributed by atoms with Gasteiger partial charge in [0.15, 0.2) is 0 Å². The lowest BCUT2D eigenvalue weighted by atomic mass is 10.2. The van der Waals surface area contributed by atoms with Crippen molar-refractivity contribution in [1.29, 1.82) is 0 Å². The maximum Gasteiger partial charge on any atom is 0.242 e. The predicted molar refractivity (Wildman–Crippen MR) is 88.1 cm³/mol. The monoisotopic (exact) mass is 315 g/mol. The molecular weight excluding hydrogens is 298 g/mol. The maximum atomic E-state index is 12.4. The first-order valence-electron chi connectivity index (χ1n) is 7.31. The number of halogens is 1. The summed E-state index contributed by atoms with van der Waals surface area (Å²) in [6.45, 7) is 4.57. The first-order valence-corrected chi connectivity index (χ1v) is 7.69. The van der Waals surface area contributed by atoms with Crippen molar-refractivity contribution in [2.75, 3.05) is 24.5 Å². The Morgan fingerprint density at radius 2 is 1.95 bits per heavy atom. The van der Waals surface area contributed by atoms with Crippen molar-refractivity contribution in [2.24, 2.45) is 0 Å². The van der Waals surface area contributed by atoms with E-state index in [2.05, 4.69) is 9.88 Å². The molecule has 1 aromatic heterocycles. The highest BCUT2D eigenvalue weighted by atomic mass is 35.5. The largest absolute Gasteiger partial charge is 0.360 e. The van der Waals surface area contributed by atoms with Gasteiger partial charge in [0.05, 0.1) is 6.54 Å². The van der Waals surface area contributed by atoms with E-state index in [0.717, 1.165) is 30.0 Å². The van der Waals surface area contributed by atoms with Crippen LogP contribution in [0.1, 0.15) is 11.3 Å². The van der Waals surface area contributed by atoms with Crippen LogP contribution < -0.4 is 4.90 Å². The molecule has 0 radical (unpaired) electrons. The predicted octanol–water partition coefficient (Wildman–Crippen LogP) is 2.89. The third-order valence-corrected chi connectivity index (χ3v) is 4.10. The molecule has 1 saturated heterocycles. The number of pyridine rings is 1. The van der Waals surface area contributed by atoms with E-state index in [9.17, 15) is 4.79 Å². The number of hydrogen-bond donors (Lipinski definition) is 0. The standard InChI is InChI=1S/C17H18ClN3O/c1-13-10-16(6-7-19-13)20-8-9-21(17(22)12-20)11-14-2-4-15(18)5-3-14/h2-7,10H,8-9,11-12H2,1H3. The zero-order valence-electron chi connectivity index (χ0n) is 12.5. The highest BCUT2D eigenvalue weighted by Crippen LogP contribution is 2.18. The van der Waals surface area contributed by atoms with Gasteiger partial charge in [-0.3, -0.25) is 9.78 Å². The second-order valence-corrected chi connectivity index (χ2v) is 5.96. The average molecular weight is 316 g/mol. The van der Waals surface area contributed by atoms with E-state index >= 15 is 0 Å². The molecule has 0 atom stereocenters. The summed E-state index contributed by atoms with van der Waals surface area (Å²) in [7, 11) is 0. The molecule has 22 heavy (non-hydrogen) atoms. The van der Waals surface area contributed by atoms with Crippen LogP contribution in [0.15, 0.2) is 42.6 Å². The van der Waals surface area contributed by atoms with Gasteiger partial charge in [-0.2, -0.15) is 0 Å². The van der Waals surface area contributed by atoms with Crippen LogP contribution in [0.3, 0.4) is 0 Å². The molecule has 2 heterocycles. The molecule has 5 heteroatoms. The van der Waals surface area contributed by atoms with Crippen LogP contribution in [0, 0.1) is 6.92 Å². The minimum absolute atomic E-state index is 0.149. The lowest BCUT2D eigenvalue weighted by molar-refractivity contribution is -0.131. The van der Waals surface area contributed by atoms with E-state index in [0.29, 0.717) is 18.1 Å². The third kappa shape index (κ3) is 3.39. The number of carbonyl (C=O) groups is 1. The Kier molecular flexibility index (Phi) is 4.29. The zero-order valence-corrected chi connectivity index (χ0v) is 13.3. The van der Waals surface area contributed by atoms with Gasteiger partial charge in [-0.15, -0.1) is 0 Å². The normalized spacial score (nSPS) is 15.3. The van der Waals surface area contributed by atoms with Crippen molar-refractivity contribution >= 4 is 23.2 Å². The number of amides is 1. The zero-order chi connectivity index (χ0) is 15.5. The average Bonchev–Trinajstić information content (AvgIpc) is 2.51. The molecule has 1 aliphatic heterocycles. The lowest BCUT2D eigenvalue weighted by Crippen LogP contribution is -2.50. The Hall–Kier alpha value is -2.07. The summed E-state index contributed by atoms with van der Waals surface area (Å²) in [5.74, 6) is 0.149. The molecule has 1 amide bonds. The van der Waals surface area contributed by atoms with Crippen molar-refractivity contribution in [2.45, 2.75) is 13.5 Å². The van der Waals surface area contributed by atoms with Crippen LogP contribution in [-0.2, 0) is 11.3 Å². The number of carbonyl (C=O) groups excluding carboxylic acids is 1. The fourth-order valence-electron chi connectivity index (χ4n) is 2.63. The summed E-state index contributed by atoms with van der Waals surface area (Å²) < 4.78 is 0. The fraction of sp³-hybridized carbons (Fsp3) is 0.294. The molecule has 0 aliphatic carbocycles. The summed E-state index contributed by atoms with van der Waals surface area (Å²) in [6, 6.07) is 11.6.